The maximum absolute atomic E-state index is 10.9. The van der Waals surface area contributed by atoms with Gasteiger partial charge in [0.2, 0.25) is 0 Å². The highest BCUT2D eigenvalue weighted by atomic mass is 16.3. The number of hydrogen-bond donors (Lipinski definition) is 2. The van der Waals surface area contributed by atoms with E-state index in [2.05, 4.69) is 25.9 Å². The van der Waals surface area contributed by atoms with Crippen LogP contribution in [0.25, 0.3) is 0 Å². The zero-order valence-electron chi connectivity index (χ0n) is 14.2. The summed E-state index contributed by atoms with van der Waals surface area (Å²) < 4.78 is 1.78. The molecule has 1 aliphatic carbocycles. The molecule has 120 valence electrons. The molecule has 1 aromatic rings. The minimum Gasteiger partial charge on any atom is -0.388 e. The first kappa shape index (κ1) is 16.5. The highest BCUT2D eigenvalue weighted by Crippen LogP contribution is 2.50. The van der Waals surface area contributed by atoms with Crippen LogP contribution in [-0.4, -0.2) is 21.4 Å². The van der Waals surface area contributed by atoms with Gasteiger partial charge in [0.15, 0.2) is 0 Å². The van der Waals surface area contributed by atoms with Crippen molar-refractivity contribution in [3.63, 3.8) is 0 Å². The normalized spacial score (nSPS) is 28.6. The van der Waals surface area contributed by atoms with Gasteiger partial charge in [0, 0.05) is 30.8 Å². The van der Waals surface area contributed by atoms with Gasteiger partial charge < -0.3 is 10.8 Å². The summed E-state index contributed by atoms with van der Waals surface area (Å²) in [5, 5.41) is 15.3. The SMILES string of the molecule is Cc1nn(C)cc1C(O)C1(CN)CCC(C(C)(C)C)CC1. The number of aliphatic hydroxyl groups excluding tert-OH is 1. The van der Waals surface area contributed by atoms with Crippen molar-refractivity contribution in [1.29, 1.82) is 0 Å². The average molecular weight is 293 g/mol. The Balaban J connectivity index is 2.18. The standard InChI is InChI=1S/C17H31N3O/c1-12-14(10-20(5)19-12)15(21)17(11-18)8-6-13(7-9-17)16(2,3)4/h10,13,15,21H,6-9,11,18H2,1-5H3. The minimum absolute atomic E-state index is 0.185. The summed E-state index contributed by atoms with van der Waals surface area (Å²) in [6.07, 6.45) is 5.74. The van der Waals surface area contributed by atoms with Gasteiger partial charge in [-0.05, 0) is 43.9 Å². The van der Waals surface area contributed by atoms with E-state index in [9.17, 15) is 5.11 Å². The lowest BCUT2D eigenvalue weighted by molar-refractivity contribution is -0.0237. The minimum atomic E-state index is -0.503. The van der Waals surface area contributed by atoms with Crippen LogP contribution in [0.4, 0.5) is 0 Å². The highest BCUT2D eigenvalue weighted by Gasteiger charge is 2.43. The van der Waals surface area contributed by atoms with Gasteiger partial charge in [0.25, 0.3) is 0 Å². The number of aromatic nitrogens is 2. The highest BCUT2D eigenvalue weighted by molar-refractivity contribution is 5.21. The maximum Gasteiger partial charge on any atom is 0.0891 e. The van der Waals surface area contributed by atoms with Crippen molar-refractivity contribution in [2.24, 2.45) is 29.5 Å². The van der Waals surface area contributed by atoms with Crippen molar-refractivity contribution in [3.8, 4) is 0 Å². The van der Waals surface area contributed by atoms with Gasteiger partial charge in [-0.2, -0.15) is 5.10 Å². The molecule has 1 saturated carbocycles. The summed E-state index contributed by atoms with van der Waals surface area (Å²) in [7, 11) is 1.90. The first-order chi connectivity index (χ1) is 9.69. The van der Waals surface area contributed by atoms with Crippen LogP contribution in [0.1, 0.15) is 63.8 Å². The third-order valence-electron chi connectivity index (χ3n) is 5.54. The lowest BCUT2D eigenvalue weighted by Gasteiger charge is -2.46. The molecule has 1 heterocycles. The van der Waals surface area contributed by atoms with E-state index in [-0.39, 0.29) is 5.41 Å². The third kappa shape index (κ3) is 3.16. The number of aryl methyl sites for hydroxylation is 2. The van der Waals surface area contributed by atoms with Gasteiger partial charge >= 0.3 is 0 Å². The molecule has 1 atom stereocenters. The lowest BCUT2D eigenvalue weighted by atomic mass is 9.61. The van der Waals surface area contributed by atoms with Crippen LogP contribution < -0.4 is 5.73 Å². The number of rotatable bonds is 3. The fourth-order valence-corrected chi connectivity index (χ4v) is 3.86. The van der Waals surface area contributed by atoms with E-state index in [0.717, 1.165) is 42.9 Å². The molecule has 0 spiro atoms. The predicted octanol–water partition coefficient (Wildman–Crippen LogP) is 2.94. The molecule has 21 heavy (non-hydrogen) atoms. The maximum atomic E-state index is 10.9. The quantitative estimate of drug-likeness (QED) is 0.900. The molecule has 0 aromatic carbocycles. The lowest BCUT2D eigenvalue weighted by Crippen LogP contribution is -2.42. The van der Waals surface area contributed by atoms with Crippen LogP contribution in [0.2, 0.25) is 0 Å². The number of hydrogen-bond acceptors (Lipinski definition) is 3. The van der Waals surface area contributed by atoms with E-state index < -0.39 is 6.10 Å². The van der Waals surface area contributed by atoms with E-state index in [0.29, 0.717) is 12.0 Å². The Hall–Kier alpha value is -0.870. The molecule has 1 fully saturated rings. The smallest absolute Gasteiger partial charge is 0.0891 e. The molecule has 4 heteroatoms. The van der Waals surface area contributed by atoms with E-state index in [4.69, 9.17) is 5.73 Å². The predicted molar refractivity (Wildman–Crippen MR) is 85.8 cm³/mol. The molecule has 1 aromatic heterocycles. The van der Waals surface area contributed by atoms with E-state index >= 15 is 0 Å². The monoisotopic (exact) mass is 293 g/mol. The van der Waals surface area contributed by atoms with Gasteiger partial charge in [-0.25, -0.2) is 0 Å². The first-order valence-electron chi connectivity index (χ1n) is 8.08. The molecule has 4 nitrogen and oxygen atoms in total. The second kappa shape index (κ2) is 5.73. The zero-order valence-corrected chi connectivity index (χ0v) is 14.2. The summed E-state index contributed by atoms with van der Waals surface area (Å²) in [5.74, 6) is 0.722. The fourth-order valence-electron chi connectivity index (χ4n) is 3.86. The fraction of sp³-hybridized carbons (Fsp3) is 0.824. The van der Waals surface area contributed by atoms with Gasteiger partial charge in [-0.3, -0.25) is 4.68 Å². The summed E-state index contributed by atoms with van der Waals surface area (Å²) in [5.41, 5.74) is 8.11. The van der Waals surface area contributed by atoms with Gasteiger partial charge in [-0.1, -0.05) is 20.8 Å². The summed E-state index contributed by atoms with van der Waals surface area (Å²) in [4.78, 5) is 0. The molecule has 0 saturated heterocycles. The Bertz CT molecular complexity index is 479. The molecule has 0 aliphatic heterocycles. The molecule has 0 bridgehead atoms. The van der Waals surface area contributed by atoms with Crippen molar-refractivity contribution < 1.29 is 5.11 Å². The van der Waals surface area contributed by atoms with Gasteiger partial charge in [-0.15, -0.1) is 0 Å². The molecule has 3 N–H and O–H groups in total. The van der Waals surface area contributed by atoms with Crippen molar-refractivity contribution in [1.82, 2.24) is 9.78 Å². The van der Waals surface area contributed by atoms with Crippen LogP contribution in [-0.2, 0) is 7.05 Å². The summed E-state index contributed by atoms with van der Waals surface area (Å²) in [6.45, 7) is 9.45. The topological polar surface area (TPSA) is 64.1 Å². The molecule has 0 radical (unpaired) electrons. The van der Waals surface area contributed by atoms with Crippen molar-refractivity contribution >= 4 is 0 Å². The Morgan fingerprint density at radius 1 is 1.43 bits per heavy atom. The van der Waals surface area contributed by atoms with Crippen LogP contribution in [0.15, 0.2) is 6.20 Å². The second-order valence-corrected chi connectivity index (χ2v) is 7.95. The molecular formula is C17H31N3O. The van der Waals surface area contributed by atoms with Crippen LogP contribution in [0.5, 0.6) is 0 Å². The summed E-state index contributed by atoms with van der Waals surface area (Å²) >= 11 is 0. The van der Waals surface area contributed by atoms with Crippen molar-refractivity contribution in [3.05, 3.63) is 17.5 Å². The summed E-state index contributed by atoms with van der Waals surface area (Å²) in [6, 6.07) is 0. The molecule has 0 amide bonds. The van der Waals surface area contributed by atoms with E-state index in [1.54, 1.807) is 4.68 Å². The van der Waals surface area contributed by atoms with Gasteiger partial charge in [0.1, 0.15) is 0 Å². The van der Waals surface area contributed by atoms with E-state index in [1.807, 2.05) is 20.2 Å². The molecule has 2 rings (SSSR count). The number of nitrogens with two attached hydrogens (primary N) is 1. The first-order valence-corrected chi connectivity index (χ1v) is 8.08. The number of nitrogens with zero attached hydrogens (tertiary/aromatic N) is 2. The van der Waals surface area contributed by atoms with Crippen molar-refractivity contribution in [2.75, 3.05) is 6.54 Å². The molecular weight excluding hydrogens is 262 g/mol. The van der Waals surface area contributed by atoms with Crippen LogP contribution in [0, 0.1) is 23.7 Å². The van der Waals surface area contributed by atoms with E-state index in [1.165, 1.54) is 0 Å². The zero-order chi connectivity index (χ0) is 15.8. The van der Waals surface area contributed by atoms with Crippen LogP contribution in [0.3, 0.4) is 0 Å². The average Bonchev–Trinajstić information content (AvgIpc) is 2.75. The Kier molecular flexibility index (Phi) is 4.50. The van der Waals surface area contributed by atoms with Gasteiger partial charge in [0.05, 0.1) is 11.8 Å². The Labute approximate surface area is 128 Å². The van der Waals surface area contributed by atoms with Crippen LogP contribution >= 0.6 is 0 Å². The molecule has 1 aliphatic rings. The third-order valence-corrected chi connectivity index (χ3v) is 5.54. The largest absolute Gasteiger partial charge is 0.388 e. The Morgan fingerprint density at radius 3 is 2.38 bits per heavy atom. The molecule has 1 unspecified atom stereocenters. The number of aliphatic hydroxyl groups is 1. The Morgan fingerprint density at radius 2 is 2.00 bits per heavy atom. The van der Waals surface area contributed by atoms with Crippen molar-refractivity contribution in [2.45, 2.75) is 59.5 Å². The second-order valence-electron chi connectivity index (χ2n) is 7.95.